The third-order valence-electron chi connectivity index (χ3n) is 1.92. The van der Waals surface area contributed by atoms with Gasteiger partial charge in [-0.2, -0.15) is 0 Å². The predicted molar refractivity (Wildman–Crippen MR) is 63.1 cm³/mol. The van der Waals surface area contributed by atoms with Gasteiger partial charge in [-0.05, 0) is 37.1 Å². The number of benzene rings is 1. The van der Waals surface area contributed by atoms with E-state index in [0.29, 0.717) is 11.4 Å². The van der Waals surface area contributed by atoms with E-state index in [0.717, 1.165) is 11.3 Å². The van der Waals surface area contributed by atoms with E-state index in [1.54, 1.807) is 12.1 Å². The van der Waals surface area contributed by atoms with Gasteiger partial charge in [0.15, 0.2) is 0 Å². The molecule has 0 aliphatic rings. The van der Waals surface area contributed by atoms with Crippen LogP contribution in [0.4, 0.5) is 5.69 Å². The summed E-state index contributed by atoms with van der Waals surface area (Å²) in [6.45, 7) is 3.39. The van der Waals surface area contributed by atoms with Crippen molar-refractivity contribution in [1.82, 2.24) is 0 Å². The highest BCUT2D eigenvalue weighted by Crippen LogP contribution is 2.21. The Bertz CT molecular complexity index is 364. The van der Waals surface area contributed by atoms with E-state index >= 15 is 0 Å². The zero-order chi connectivity index (χ0) is 11.4. The molecule has 0 spiro atoms. The third kappa shape index (κ3) is 3.90. The maximum Gasteiger partial charge on any atom is 0.221 e. The van der Waals surface area contributed by atoms with Crippen LogP contribution in [0.2, 0.25) is 5.02 Å². The number of halogens is 1. The average molecular weight is 227 g/mol. The summed E-state index contributed by atoms with van der Waals surface area (Å²) in [4.78, 5) is 11.0. The number of carbonyl (C=O) groups excluding carboxylic acids is 1. The molecule has 0 saturated carbocycles. The summed E-state index contributed by atoms with van der Waals surface area (Å²) >= 11 is 5.88. The van der Waals surface area contributed by atoms with Crippen molar-refractivity contribution >= 4 is 23.2 Å². The quantitative estimate of drug-likeness (QED) is 0.830. The van der Waals surface area contributed by atoms with E-state index < -0.39 is 0 Å². The minimum atomic E-state index is -0.0942. The highest BCUT2D eigenvalue weighted by molar-refractivity contribution is 6.30. The molecule has 82 valence electrons. The molecule has 1 amide bonds. The molecule has 0 aliphatic carbocycles. The van der Waals surface area contributed by atoms with E-state index in [9.17, 15) is 4.79 Å². The number of hydrogen-bond donors (Lipinski definition) is 2. The molecule has 1 unspecified atom stereocenters. The van der Waals surface area contributed by atoms with Gasteiger partial charge in [0.05, 0.1) is 0 Å². The molecule has 1 atom stereocenters. The lowest BCUT2D eigenvalue weighted by Crippen LogP contribution is -2.19. The van der Waals surface area contributed by atoms with Gasteiger partial charge in [-0.25, -0.2) is 0 Å². The molecular weight excluding hydrogens is 212 g/mol. The lowest BCUT2D eigenvalue weighted by molar-refractivity contribution is -0.114. The van der Waals surface area contributed by atoms with Gasteiger partial charge in [0, 0.05) is 23.7 Å². The van der Waals surface area contributed by atoms with Gasteiger partial charge in [0.1, 0.15) is 0 Å². The van der Waals surface area contributed by atoms with Gasteiger partial charge >= 0.3 is 0 Å². The monoisotopic (exact) mass is 226 g/mol. The maximum absolute atomic E-state index is 11.0. The number of amides is 1. The van der Waals surface area contributed by atoms with Crippen LogP contribution in [0, 0.1) is 0 Å². The van der Waals surface area contributed by atoms with Crippen LogP contribution < -0.4 is 11.1 Å². The first-order valence-corrected chi connectivity index (χ1v) is 5.18. The summed E-state index contributed by atoms with van der Waals surface area (Å²) < 4.78 is 0. The summed E-state index contributed by atoms with van der Waals surface area (Å²) in [5, 5.41) is 3.41. The highest BCUT2D eigenvalue weighted by atomic mass is 35.5. The van der Waals surface area contributed by atoms with Gasteiger partial charge in [-0.1, -0.05) is 11.6 Å². The highest BCUT2D eigenvalue weighted by Gasteiger charge is 2.06. The fraction of sp³-hybridized carbons (Fsp3) is 0.364. The molecular formula is C11H15ClN2O. The first kappa shape index (κ1) is 12.0. The zero-order valence-electron chi connectivity index (χ0n) is 8.88. The number of nitrogens with two attached hydrogens (primary N) is 1. The number of rotatable bonds is 3. The van der Waals surface area contributed by atoms with Crippen molar-refractivity contribution in [2.24, 2.45) is 5.73 Å². The van der Waals surface area contributed by atoms with Crippen LogP contribution in [-0.2, 0) is 11.2 Å². The molecule has 1 rings (SSSR count). The van der Waals surface area contributed by atoms with Crippen LogP contribution in [0.3, 0.4) is 0 Å². The van der Waals surface area contributed by atoms with Crippen molar-refractivity contribution in [3.63, 3.8) is 0 Å². The molecule has 3 nitrogen and oxygen atoms in total. The van der Waals surface area contributed by atoms with Crippen LogP contribution in [0.1, 0.15) is 19.4 Å². The molecule has 0 radical (unpaired) electrons. The average Bonchev–Trinajstić information content (AvgIpc) is 2.08. The molecule has 1 aromatic rings. The molecule has 1 aromatic carbocycles. The molecule has 0 aliphatic heterocycles. The van der Waals surface area contributed by atoms with E-state index in [-0.39, 0.29) is 11.9 Å². The van der Waals surface area contributed by atoms with Gasteiger partial charge in [-0.3, -0.25) is 4.79 Å². The van der Waals surface area contributed by atoms with E-state index in [1.807, 2.05) is 13.0 Å². The van der Waals surface area contributed by atoms with Gasteiger partial charge in [0.25, 0.3) is 0 Å². The normalized spacial score (nSPS) is 12.3. The van der Waals surface area contributed by atoms with Crippen LogP contribution in [0.5, 0.6) is 0 Å². The molecule has 3 N–H and O–H groups in total. The first-order valence-electron chi connectivity index (χ1n) is 4.80. The largest absolute Gasteiger partial charge is 0.328 e. The predicted octanol–water partition coefficient (Wildman–Crippen LogP) is 2.19. The van der Waals surface area contributed by atoms with Crippen LogP contribution in [0.15, 0.2) is 18.2 Å². The molecule has 0 saturated heterocycles. The summed E-state index contributed by atoms with van der Waals surface area (Å²) in [5.74, 6) is -0.0942. The summed E-state index contributed by atoms with van der Waals surface area (Å²) in [7, 11) is 0. The molecule has 0 aromatic heterocycles. The van der Waals surface area contributed by atoms with Crippen LogP contribution >= 0.6 is 11.6 Å². The number of nitrogens with one attached hydrogen (secondary N) is 1. The fourth-order valence-corrected chi connectivity index (χ4v) is 1.58. The molecule has 0 bridgehead atoms. The minimum Gasteiger partial charge on any atom is -0.328 e. The van der Waals surface area contributed by atoms with Crippen molar-refractivity contribution in [2.45, 2.75) is 26.3 Å². The number of carbonyl (C=O) groups is 1. The third-order valence-corrected chi connectivity index (χ3v) is 2.15. The van der Waals surface area contributed by atoms with Gasteiger partial charge < -0.3 is 11.1 Å². The van der Waals surface area contributed by atoms with Crippen molar-refractivity contribution in [1.29, 1.82) is 0 Å². The molecule has 15 heavy (non-hydrogen) atoms. The van der Waals surface area contributed by atoms with Crippen molar-refractivity contribution in [3.8, 4) is 0 Å². The Hall–Kier alpha value is -1.06. The van der Waals surface area contributed by atoms with E-state index in [2.05, 4.69) is 5.32 Å². The van der Waals surface area contributed by atoms with Gasteiger partial charge in [0.2, 0.25) is 5.91 Å². The fourth-order valence-electron chi connectivity index (χ4n) is 1.39. The van der Waals surface area contributed by atoms with E-state index in [4.69, 9.17) is 17.3 Å². The topological polar surface area (TPSA) is 55.1 Å². The lowest BCUT2D eigenvalue weighted by atomic mass is 10.1. The number of anilines is 1. The van der Waals surface area contributed by atoms with Crippen molar-refractivity contribution < 1.29 is 4.79 Å². The van der Waals surface area contributed by atoms with Crippen molar-refractivity contribution in [2.75, 3.05) is 5.32 Å². The Morgan fingerprint density at radius 2 is 2.27 bits per heavy atom. The Labute approximate surface area is 94.6 Å². The standard InChI is InChI=1S/C11H15ClN2O/c1-7(13)5-9-6-10(12)3-4-11(9)14-8(2)15/h3-4,6-7H,5,13H2,1-2H3,(H,14,15). The van der Waals surface area contributed by atoms with Crippen molar-refractivity contribution in [3.05, 3.63) is 28.8 Å². The second-order valence-electron chi connectivity index (χ2n) is 3.66. The first-order chi connectivity index (χ1) is 6.99. The summed E-state index contributed by atoms with van der Waals surface area (Å²) in [6.07, 6.45) is 0.691. The Morgan fingerprint density at radius 3 is 2.80 bits per heavy atom. The van der Waals surface area contributed by atoms with E-state index in [1.165, 1.54) is 6.92 Å². The van der Waals surface area contributed by atoms with Gasteiger partial charge in [-0.15, -0.1) is 0 Å². The zero-order valence-corrected chi connectivity index (χ0v) is 9.64. The molecule has 0 fully saturated rings. The van der Waals surface area contributed by atoms with Crippen LogP contribution in [0.25, 0.3) is 0 Å². The maximum atomic E-state index is 11.0. The molecule has 4 heteroatoms. The summed E-state index contributed by atoms with van der Waals surface area (Å²) in [5.41, 5.74) is 7.47. The Morgan fingerprint density at radius 1 is 1.60 bits per heavy atom. The Kier molecular flexibility index (Phi) is 4.12. The SMILES string of the molecule is CC(=O)Nc1ccc(Cl)cc1CC(C)N. The second-order valence-corrected chi connectivity index (χ2v) is 4.10. The molecule has 0 heterocycles. The lowest BCUT2D eigenvalue weighted by Gasteiger charge is -2.12. The number of hydrogen-bond acceptors (Lipinski definition) is 2. The second kappa shape index (κ2) is 5.14. The Balaban J connectivity index is 2.97. The van der Waals surface area contributed by atoms with Crippen LogP contribution in [-0.4, -0.2) is 11.9 Å². The smallest absolute Gasteiger partial charge is 0.221 e. The minimum absolute atomic E-state index is 0.0379. The summed E-state index contributed by atoms with van der Waals surface area (Å²) in [6, 6.07) is 5.41.